The molecule has 2 aliphatic heterocycles. The SMILES string of the molecule is CCC[N+]1(C(C)Cc2cccc(NC(=O)c3cccc(OC)c3)c2)CCC(C(N)C(=O)N2CCOCC2)CC1. The van der Waals surface area contributed by atoms with Crippen molar-refractivity contribution >= 4 is 17.5 Å². The van der Waals surface area contributed by atoms with Gasteiger partial charge in [0, 0.05) is 43.6 Å². The van der Waals surface area contributed by atoms with Crippen LogP contribution in [0, 0.1) is 5.92 Å². The zero-order chi connectivity index (χ0) is 27.8. The molecule has 0 saturated carbocycles. The summed E-state index contributed by atoms with van der Waals surface area (Å²) in [6.07, 6.45) is 3.98. The van der Waals surface area contributed by atoms with Gasteiger partial charge in [-0.2, -0.15) is 0 Å². The van der Waals surface area contributed by atoms with Crippen molar-refractivity contribution in [2.75, 3.05) is 58.4 Å². The molecule has 2 amide bonds. The van der Waals surface area contributed by atoms with E-state index in [1.54, 1.807) is 19.2 Å². The van der Waals surface area contributed by atoms with Crippen LogP contribution in [0.15, 0.2) is 48.5 Å². The van der Waals surface area contributed by atoms with E-state index in [0.717, 1.165) is 55.5 Å². The molecule has 2 heterocycles. The van der Waals surface area contributed by atoms with Crippen molar-refractivity contribution in [3.05, 3.63) is 59.7 Å². The monoisotopic (exact) mass is 537 g/mol. The van der Waals surface area contributed by atoms with Crippen LogP contribution in [-0.4, -0.2) is 86.3 Å². The van der Waals surface area contributed by atoms with E-state index in [9.17, 15) is 9.59 Å². The highest BCUT2D eigenvalue weighted by Crippen LogP contribution is 2.31. The first-order valence-electron chi connectivity index (χ1n) is 14.4. The zero-order valence-corrected chi connectivity index (χ0v) is 23.7. The minimum atomic E-state index is -0.424. The fourth-order valence-electron chi connectivity index (χ4n) is 6.27. The normalized spacial score (nSPS) is 23.1. The zero-order valence-electron chi connectivity index (χ0n) is 23.7. The van der Waals surface area contributed by atoms with Gasteiger partial charge in [0.05, 0.1) is 52.0 Å². The first-order valence-corrected chi connectivity index (χ1v) is 14.4. The molecule has 2 fully saturated rings. The number of nitrogens with one attached hydrogen (secondary N) is 1. The lowest BCUT2D eigenvalue weighted by Gasteiger charge is -2.49. The van der Waals surface area contributed by atoms with Gasteiger partial charge in [0.15, 0.2) is 0 Å². The summed E-state index contributed by atoms with van der Waals surface area (Å²) >= 11 is 0. The third-order valence-corrected chi connectivity index (χ3v) is 8.66. The Hall–Kier alpha value is -2.94. The number of anilines is 1. The maximum Gasteiger partial charge on any atom is 0.255 e. The predicted molar refractivity (Wildman–Crippen MR) is 154 cm³/mol. The van der Waals surface area contributed by atoms with Crippen LogP contribution in [0.4, 0.5) is 5.69 Å². The van der Waals surface area contributed by atoms with Crippen molar-refractivity contribution in [3.8, 4) is 5.75 Å². The van der Waals surface area contributed by atoms with E-state index in [-0.39, 0.29) is 17.7 Å². The highest BCUT2D eigenvalue weighted by atomic mass is 16.5. The molecule has 4 rings (SSSR count). The Bertz CT molecular complexity index is 1110. The molecule has 3 N–H and O–H groups in total. The van der Waals surface area contributed by atoms with Crippen molar-refractivity contribution in [1.82, 2.24) is 4.90 Å². The number of carbonyl (C=O) groups excluding carboxylic acids is 2. The number of nitrogens with two attached hydrogens (primary N) is 1. The average Bonchev–Trinajstić information content (AvgIpc) is 2.97. The van der Waals surface area contributed by atoms with Crippen LogP contribution >= 0.6 is 0 Å². The first-order chi connectivity index (χ1) is 18.8. The highest BCUT2D eigenvalue weighted by Gasteiger charge is 2.41. The molecular formula is C31H45N4O4+. The van der Waals surface area contributed by atoms with Crippen LogP contribution in [0.1, 0.15) is 49.0 Å². The molecule has 0 aromatic heterocycles. The summed E-state index contributed by atoms with van der Waals surface area (Å²) in [6, 6.07) is 15.3. The number of rotatable bonds is 10. The number of hydrogen-bond acceptors (Lipinski definition) is 5. The highest BCUT2D eigenvalue weighted by molar-refractivity contribution is 6.04. The summed E-state index contributed by atoms with van der Waals surface area (Å²) in [5.41, 5.74) is 9.08. The molecule has 2 atom stereocenters. The number of nitrogens with zero attached hydrogens (tertiary/aromatic N) is 2. The summed E-state index contributed by atoms with van der Waals surface area (Å²) < 4.78 is 11.7. The Morgan fingerprint density at radius 2 is 1.85 bits per heavy atom. The summed E-state index contributed by atoms with van der Waals surface area (Å²) in [7, 11) is 1.59. The second-order valence-corrected chi connectivity index (χ2v) is 11.1. The smallest absolute Gasteiger partial charge is 0.255 e. The molecule has 0 aliphatic carbocycles. The Kier molecular flexibility index (Phi) is 9.99. The minimum Gasteiger partial charge on any atom is -0.497 e. The fraction of sp³-hybridized carbons (Fsp3) is 0.548. The molecular weight excluding hydrogens is 492 g/mol. The van der Waals surface area contributed by atoms with Gasteiger partial charge in [-0.25, -0.2) is 0 Å². The van der Waals surface area contributed by atoms with Crippen LogP contribution < -0.4 is 15.8 Å². The molecule has 212 valence electrons. The number of methoxy groups -OCH3 is 1. The van der Waals surface area contributed by atoms with Gasteiger partial charge in [0.1, 0.15) is 5.75 Å². The van der Waals surface area contributed by atoms with E-state index in [4.69, 9.17) is 15.2 Å². The largest absolute Gasteiger partial charge is 0.497 e. The van der Waals surface area contributed by atoms with Crippen LogP contribution in [0.25, 0.3) is 0 Å². The molecule has 2 aromatic rings. The lowest BCUT2D eigenvalue weighted by Crippen LogP contribution is -2.61. The van der Waals surface area contributed by atoms with E-state index < -0.39 is 6.04 Å². The van der Waals surface area contributed by atoms with Gasteiger partial charge in [-0.3, -0.25) is 9.59 Å². The number of hydrogen-bond donors (Lipinski definition) is 2. The predicted octanol–water partition coefficient (Wildman–Crippen LogP) is 3.70. The molecule has 2 saturated heterocycles. The third-order valence-electron chi connectivity index (χ3n) is 8.66. The van der Waals surface area contributed by atoms with E-state index in [1.807, 2.05) is 29.2 Å². The Labute approximate surface area is 233 Å². The van der Waals surface area contributed by atoms with Crippen molar-refractivity contribution < 1.29 is 23.5 Å². The number of benzene rings is 2. The molecule has 8 heteroatoms. The van der Waals surface area contributed by atoms with Gasteiger partial charge >= 0.3 is 0 Å². The van der Waals surface area contributed by atoms with Gasteiger partial charge in [-0.1, -0.05) is 25.1 Å². The Morgan fingerprint density at radius 1 is 1.13 bits per heavy atom. The molecule has 2 unspecified atom stereocenters. The summed E-state index contributed by atoms with van der Waals surface area (Å²) in [5.74, 6) is 0.814. The van der Waals surface area contributed by atoms with Crippen molar-refractivity contribution in [2.24, 2.45) is 11.7 Å². The standard InChI is InChI=1S/C31H44N4O4/c1-4-15-35(16-11-25(12-17-35)29(32)31(37)34-13-18-39-19-14-34)23(2)20-24-7-5-9-27(21-24)33-30(36)26-8-6-10-28(22-26)38-3/h5-10,21-23,25,29H,4,11-20,32H2,1-3H3/p+1. The summed E-state index contributed by atoms with van der Waals surface area (Å²) in [4.78, 5) is 27.7. The fourth-order valence-corrected chi connectivity index (χ4v) is 6.27. The van der Waals surface area contributed by atoms with Crippen molar-refractivity contribution in [3.63, 3.8) is 0 Å². The second-order valence-electron chi connectivity index (χ2n) is 11.1. The van der Waals surface area contributed by atoms with Crippen LogP contribution in [0.5, 0.6) is 5.75 Å². The van der Waals surface area contributed by atoms with Crippen molar-refractivity contribution in [1.29, 1.82) is 0 Å². The average molecular weight is 538 g/mol. The first kappa shape index (κ1) is 29.1. The maximum absolute atomic E-state index is 13.0. The third kappa shape index (κ3) is 7.18. The number of quaternary nitrogens is 1. The molecule has 0 bridgehead atoms. The Morgan fingerprint density at radius 3 is 2.54 bits per heavy atom. The van der Waals surface area contributed by atoms with Gasteiger partial charge in [-0.05, 0) is 55.2 Å². The minimum absolute atomic E-state index is 0.0830. The number of morpholine rings is 1. The number of ether oxygens (including phenoxy) is 2. The molecule has 2 aliphatic rings. The van der Waals surface area contributed by atoms with E-state index in [2.05, 4.69) is 31.3 Å². The summed E-state index contributed by atoms with van der Waals surface area (Å²) in [6.45, 7) is 10.3. The lowest BCUT2D eigenvalue weighted by atomic mass is 9.86. The number of likely N-dealkylation sites (tertiary alicyclic amines) is 1. The van der Waals surface area contributed by atoms with Crippen LogP contribution in [0.3, 0.4) is 0 Å². The van der Waals surface area contributed by atoms with Gasteiger partial charge in [0.2, 0.25) is 5.91 Å². The quantitative estimate of drug-likeness (QED) is 0.451. The molecule has 0 radical (unpaired) electrons. The molecule has 39 heavy (non-hydrogen) atoms. The van der Waals surface area contributed by atoms with E-state index >= 15 is 0 Å². The summed E-state index contributed by atoms with van der Waals surface area (Å²) in [5, 5.41) is 3.04. The van der Waals surface area contributed by atoms with Crippen LogP contribution in [0.2, 0.25) is 0 Å². The molecule has 0 spiro atoms. The van der Waals surface area contributed by atoms with E-state index in [0.29, 0.717) is 43.7 Å². The molecule has 8 nitrogen and oxygen atoms in total. The maximum atomic E-state index is 13.0. The second kappa shape index (κ2) is 13.4. The van der Waals surface area contributed by atoms with Gasteiger partial charge < -0.3 is 29.9 Å². The lowest BCUT2D eigenvalue weighted by molar-refractivity contribution is -0.954. The van der Waals surface area contributed by atoms with Gasteiger partial charge in [-0.15, -0.1) is 0 Å². The topological polar surface area (TPSA) is 93.9 Å². The van der Waals surface area contributed by atoms with Crippen molar-refractivity contribution in [2.45, 2.75) is 51.6 Å². The Balaban J connectivity index is 1.37. The van der Waals surface area contributed by atoms with Gasteiger partial charge in [0.25, 0.3) is 5.91 Å². The number of piperidine rings is 1. The van der Waals surface area contributed by atoms with Crippen LogP contribution in [-0.2, 0) is 16.0 Å². The molecule has 2 aromatic carbocycles. The van der Waals surface area contributed by atoms with E-state index in [1.165, 1.54) is 5.56 Å². The number of carbonyl (C=O) groups is 2. The number of amides is 2.